The largest absolute Gasteiger partial charge is 0.345 e. The van der Waals surface area contributed by atoms with Gasteiger partial charge in [-0.3, -0.25) is 19.3 Å². The number of hydrogen-bond donors (Lipinski definition) is 1. The normalized spacial score (nSPS) is 21.3. The lowest BCUT2D eigenvalue weighted by Gasteiger charge is -2.21. The maximum absolute atomic E-state index is 12.7. The van der Waals surface area contributed by atoms with Gasteiger partial charge in [0.25, 0.3) is 0 Å². The van der Waals surface area contributed by atoms with Crippen LogP contribution in [0.1, 0.15) is 49.3 Å². The van der Waals surface area contributed by atoms with E-state index in [1.165, 1.54) is 4.90 Å². The standard InChI is InChI=1S/C24H26N2O3/c27-21(15-16-26-23(28)19-13-7-8-14-20(19)24(26)29)25-22(17-9-3-1-4-10-17)18-11-5-2-6-12-18/h1-6,9-12,19-20,22H,7-8,13-16H2,(H,25,27). The first-order chi connectivity index (χ1) is 14.1. The molecule has 0 radical (unpaired) electrons. The Morgan fingerprint density at radius 1 is 0.862 bits per heavy atom. The molecule has 1 N–H and O–H groups in total. The first kappa shape index (κ1) is 19.4. The van der Waals surface area contributed by atoms with Crippen molar-refractivity contribution in [2.75, 3.05) is 6.54 Å². The third-order valence-corrected chi connectivity index (χ3v) is 6.07. The molecule has 2 fully saturated rings. The quantitative estimate of drug-likeness (QED) is 0.768. The highest BCUT2D eigenvalue weighted by Crippen LogP contribution is 2.38. The SMILES string of the molecule is O=C(CCN1C(=O)C2CCCCC2C1=O)NC(c1ccccc1)c1ccccc1. The van der Waals surface area contributed by atoms with Crippen LogP contribution in [0, 0.1) is 11.8 Å². The van der Waals surface area contributed by atoms with Gasteiger partial charge in [-0.2, -0.15) is 0 Å². The Kier molecular flexibility index (Phi) is 5.74. The van der Waals surface area contributed by atoms with Crippen LogP contribution in [-0.2, 0) is 14.4 Å². The minimum atomic E-state index is -0.266. The first-order valence-corrected chi connectivity index (χ1v) is 10.4. The Labute approximate surface area is 171 Å². The van der Waals surface area contributed by atoms with Crippen LogP contribution in [0.15, 0.2) is 60.7 Å². The molecule has 0 aromatic heterocycles. The molecule has 5 heteroatoms. The fraction of sp³-hybridized carbons (Fsp3) is 0.375. The molecule has 1 saturated heterocycles. The third kappa shape index (κ3) is 4.09. The predicted molar refractivity (Wildman–Crippen MR) is 110 cm³/mol. The van der Waals surface area contributed by atoms with E-state index in [9.17, 15) is 14.4 Å². The highest BCUT2D eigenvalue weighted by molar-refractivity contribution is 6.05. The summed E-state index contributed by atoms with van der Waals surface area (Å²) >= 11 is 0. The smallest absolute Gasteiger partial charge is 0.233 e. The number of fused-ring (bicyclic) bond motifs is 1. The lowest BCUT2D eigenvalue weighted by Crippen LogP contribution is -2.36. The predicted octanol–water partition coefficient (Wildman–Crippen LogP) is 3.46. The topological polar surface area (TPSA) is 66.5 Å². The zero-order chi connectivity index (χ0) is 20.2. The Balaban J connectivity index is 1.42. The molecule has 1 aliphatic carbocycles. The van der Waals surface area contributed by atoms with E-state index in [1.54, 1.807) is 0 Å². The van der Waals surface area contributed by atoms with Crippen LogP contribution in [0.5, 0.6) is 0 Å². The molecule has 1 heterocycles. The van der Waals surface area contributed by atoms with Crippen LogP contribution >= 0.6 is 0 Å². The van der Waals surface area contributed by atoms with E-state index in [0.29, 0.717) is 0 Å². The van der Waals surface area contributed by atoms with E-state index in [2.05, 4.69) is 5.32 Å². The van der Waals surface area contributed by atoms with Gasteiger partial charge in [-0.1, -0.05) is 73.5 Å². The average molecular weight is 390 g/mol. The van der Waals surface area contributed by atoms with Crippen LogP contribution in [0.25, 0.3) is 0 Å². The van der Waals surface area contributed by atoms with Crippen molar-refractivity contribution in [2.24, 2.45) is 11.8 Å². The molecule has 2 unspecified atom stereocenters. The number of carbonyl (C=O) groups excluding carboxylic acids is 3. The minimum Gasteiger partial charge on any atom is -0.345 e. The molecular weight excluding hydrogens is 364 g/mol. The summed E-state index contributed by atoms with van der Waals surface area (Å²) in [5.41, 5.74) is 1.98. The number of rotatable bonds is 6. The second kappa shape index (κ2) is 8.60. The van der Waals surface area contributed by atoms with Gasteiger partial charge in [0.15, 0.2) is 0 Å². The maximum atomic E-state index is 12.7. The monoisotopic (exact) mass is 390 g/mol. The summed E-state index contributed by atoms with van der Waals surface area (Å²) in [6, 6.07) is 19.3. The lowest BCUT2D eigenvalue weighted by atomic mass is 9.81. The fourth-order valence-electron chi connectivity index (χ4n) is 4.55. The summed E-state index contributed by atoms with van der Waals surface area (Å²) in [7, 11) is 0. The molecule has 3 amide bonds. The van der Waals surface area contributed by atoms with Gasteiger partial charge >= 0.3 is 0 Å². The average Bonchev–Trinajstić information content (AvgIpc) is 3.02. The highest BCUT2D eigenvalue weighted by Gasteiger charge is 2.47. The molecular formula is C24H26N2O3. The van der Waals surface area contributed by atoms with Gasteiger partial charge in [0.05, 0.1) is 17.9 Å². The van der Waals surface area contributed by atoms with Crippen molar-refractivity contribution in [2.45, 2.75) is 38.1 Å². The summed E-state index contributed by atoms with van der Waals surface area (Å²) < 4.78 is 0. The number of likely N-dealkylation sites (tertiary alicyclic amines) is 1. The molecule has 2 aliphatic rings. The molecule has 1 saturated carbocycles. The Morgan fingerprint density at radius 2 is 1.34 bits per heavy atom. The highest BCUT2D eigenvalue weighted by atomic mass is 16.2. The van der Waals surface area contributed by atoms with Gasteiger partial charge in [0.1, 0.15) is 0 Å². The van der Waals surface area contributed by atoms with E-state index in [4.69, 9.17) is 0 Å². The molecule has 5 nitrogen and oxygen atoms in total. The molecule has 2 atom stereocenters. The van der Waals surface area contributed by atoms with Crippen LogP contribution in [0.2, 0.25) is 0 Å². The van der Waals surface area contributed by atoms with E-state index in [0.717, 1.165) is 36.8 Å². The summed E-state index contributed by atoms with van der Waals surface area (Å²) in [4.78, 5) is 39.2. The third-order valence-electron chi connectivity index (χ3n) is 6.07. The summed E-state index contributed by atoms with van der Waals surface area (Å²) in [5, 5.41) is 3.08. The van der Waals surface area contributed by atoms with E-state index in [1.807, 2.05) is 60.7 Å². The van der Waals surface area contributed by atoms with E-state index < -0.39 is 0 Å². The summed E-state index contributed by atoms with van der Waals surface area (Å²) in [6.45, 7) is 0.160. The number of carbonyl (C=O) groups is 3. The molecule has 0 bridgehead atoms. The van der Waals surface area contributed by atoms with Gasteiger partial charge < -0.3 is 5.32 Å². The van der Waals surface area contributed by atoms with Gasteiger partial charge in [0, 0.05) is 13.0 Å². The number of nitrogens with zero attached hydrogens (tertiary/aromatic N) is 1. The van der Waals surface area contributed by atoms with Crippen molar-refractivity contribution >= 4 is 17.7 Å². The van der Waals surface area contributed by atoms with Crippen molar-refractivity contribution in [3.63, 3.8) is 0 Å². The number of imide groups is 1. The zero-order valence-electron chi connectivity index (χ0n) is 16.4. The van der Waals surface area contributed by atoms with Gasteiger partial charge in [-0.25, -0.2) is 0 Å². The van der Waals surface area contributed by atoms with Crippen molar-refractivity contribution in [3.05, 3.63) is 71.8 Å². The number of hydrogen-bond acceptors (Lipinski definition) is 3. The molecule has 150 valence electrons. The van der Waals surface area contributed by atoms with Crippen LogP contribution in [-0.4, -0.2) is 29.2 Å². The Bertz CT molecular complexity index is 818. The molecule has 29 heavy (non-hydrogen) atoms. The van der Waals surface area contributed by atoms with Gasteiger partial charge in [-0.15, -0.1) is 0 Å². The fourth-order valence-corrected chi connectivity index (χ4v) is 4.55. The van der Waals surface area contributed by atoms with Crippen molar-refractivity contribution < 1.29 is 14.4 Å². The van der Waals surface area contributed by atoms with E-state index >= 15 is 0 Å². The van der Waals surface area contributed by atoms with Gasteiger partial charge in [0.2, 0.25) is 17.7 Å². The van der Waals surface area contributed by atoms with E-state index in [-0.39, 0.29) is 48.6 Å². The first-order valence-electron chi connectivity index (χ1n) is 10.4. The van der Waals surface area contributed by atoms with Crippen LogP contribution in [0.4, 0.5) is 0 Å². The van der Waals surface area contributed by atoms with Crippen LogP contribution < -0.4 is 5.32 Å². The van der Waals surface area contributed by atoms with Crippen molar-refractivity contribution in [3.8, 4) is 0 Å². The molecule has 2 aromatic carbocycles. The van der Waals surface area contributed by atoms with Crippen LogP contribution in [0.3, 0.4) is 0 Å². The molecule has 4 rings (SSSR count). The molecule has 1 aliphatic heterocycles. The molecule has 2 aromatic rings. The Hall–Kier alpha value is -2.95. The number of amides is 3. The van der Waals surface area contributed by atoms with Gasteiger partial charge in [-0.05, 0) is 24.0 Å². The number of nitrogens with one attached hydrogen (secondary N) is 1. The second-order valence-corrected chi connectivity index (χ2v) is 7.90. The lowest BCUT2D eigenvalue weighted by molar-refractivity contribution is -0.140. The maximum Gasteiger partial charge on any atom is 0.233 e. The zero-order valence-corrected chi connectivity index (χ0v) is 16.4. The summed E-state index contributed by atoms with van der Waals surface area (Å²) in [5.74, 6) is -0.676. The minimum absolute atomic E-state index is 0.0878. The van der Waals surface area contributed by atoms with Crippen molar-refractivity contribution in [1.82, 2.24) is 10.2 Å². The second-order valence-electron chi connectivity index (χ2n) is 7.90. The number of benzene rings is 2. The Morgan fingerprint density at radius 3 is 1.83 bits per heavy atom. The summed E-state index contributed by atoms with van der Waals surface area (Å²) in [6.07, 6.45) is 3.71. The molecule has 0 spiro atoms. The van der Waals surface area contributed by atoms with Crippen molar-refractivity contribution in [1.29, 1.82) is 0 Å².